The van der Waals surface area contributed by atoms with Gasteiger partial charge in [-0.15, -0.1) is 0 Å². The third-order valence-corrected chi connectivity index (χ3v) is 5.00. The van der Waals surface area contributed by atoms with Gasteiger partial charge in [-0.05, 0) is 41.7 Å². The van der Waals surface area contributed by atoms with Crippen LogP contribution in [0.4, 0.5) is 0 Å². The Balaban J connectivity index is 1.67. The summed E-state index contributed by atoms with van der Waals surface area (Å²) >= 11 is 0. The number of hydrogen-bond acceptors (Lipinski definition) is 5. The predicted molar refractivity (Wildman–Crippen MR) is 117 cm³/mol. The zero-order chi connectivity index (χ0) is 21.8. The zero-order valence-corrected chi connectivity index (χ0v) is 17.0. The number of nitrogens with zero attached hydrogens (tertiary/aromatic N) is 1. The van der Waals surface area contributed by atoms with Crippen LogP contribution in [0.25, 0.3) is 22.6 Å². The summed E-state index contributed by atoms with van der Waals surface area (Å²) < 4.78 is 5.26. The number of amides is 2. The van der Waals surface area contributed by atoms with Crippen molar-refractivity contribution in [1.82, 2.24) is 15.8 Å². The quantitative estimate of drug-likeness (QED) is 0.504. The van der Waals surface area contributed by atoms with E-state index in [1.807, 2.05) is 54.6 Å². The molecule has 1 aromatic heterocycles. The van der Waals surface area contributed by atoms with Crippen LogP contribution in [-0.4, -0.2) is 29.4 Å². The molecule has 0 bridgehead atoms. The van der Waals surface area contributed by atoms with Gasteiger partial charge in [0.15, 0.2) is 6.61 Å². The Morgan fingerprint density at radius 2 is 1.74 bits per heavy atom. The van der Waals surface area contributed by atoms with Gasteiger partial charge in [-0.25, -0.2) is 9.78 Å². The highest BCUT2D eigenvalue weighted by Gasteiger charge is 2.27. The summed E-state index contributed by atoms with van der Waals surface area (Å²) in [6.07, 6.45) is 3.51. The second-order valence-electron chi connectivity index (χ2n) is 7.22. The van der Waals surface area contributed by atoms with Gasteiger partial charge in [0.05, 0.1) is 16.8 Å². The molecule has 4 rings (SSSR count). The van der Waals surface area contributed by atoms with E-state index in [4.69, 9.17) is 9.72 Å². The standard InChI is InChI=1S/C24H21N3O4/c1-15(28)26-27-21(29)14-31-24(30)22-18-9-5-6-10-20(18)25-23-17(11-12-19(22)23)13-16-7-3-2-4-8-16/h2-10,13H,11-12,14H2,1H3,(H,26,28)(H,27,29)/b17-13+. The van der Waals surface area contributed by atoms with Gasteiger partial charge in [-0.2, -0.15) is 0 Å². The molecule has 31 heavy (non-hydrogen) atoms. The first-order valence-electron chi connectivity index (χ1n) is 9.93. The first-order valence-corrected chi connectivity index (χ1v) is 9.93. The third kappa shape index (κ3) is 4.45. The van der Waals surface area contributed by atoms with Crippen molar-refractivity contribution in [3.63, 3.8) is 0 Å². The van der Waals surface area contributed by atoms with Crippen LogP contribution in [-0.2, 0) is 20.7 Å². The molecule has 1 aliphatic rings. The van der Waals surface area contributed by atoms with Crippen molar-refractivity contribution in [2.45, 2.75) is 19.8 Å². The number of nitrogens with one attached hydrogen (secondary N) is 2. The van der Waals surface area contributed by atoms with E-state index < -0.39 is 24.4 Å². The highest BCUT2D eigenvalue weighted by molar-refractivity contribution is 6.07. The third-order valence-electron chi connectivity index (χ3n) is 5.00. The van der Waals surface area contributed by atoms with Gasteiger partial charge in [0.2, 0.25) is 5.91 Å². The molecule has 0 saturated carbocycles. The van der Waals surface area contributed by atoms with Gasteiger partial charge < -0.3 is 4.74 Å². The largest absolute Gasteiger partial charge is 0.452 e. The number of ether oxygens (including phenoxy) is 1. The first kappa shape index (κ1) is 20.3. The normalized spacial score (nSPS) is 13.6. The van der Waals surface area contributed by atoms with E-state index >= 15 is 0 Å². The van der Waals surface area contributed by atoms with E-state index in [9.17, 15) is 14.4 Å². The van der Waals surface area contributed by atoms with Crippen molar-refractivity contribution in [3.05, 3.63) is 77.0 Å². The van der Waals surface area contributed by atoms with Crippen LogP contribution in [0.3, 0.4) is 0 Å². The molecule has 0 unspecified atom stereocenters. The van der Waals surface area contributed by atoms with Crippen molar-refractivity contribution in [2.75, 3.05) is 6.61 Å². The summed E-state index contributed by atoms with van der Waals surface area (Å²) in [7, 11) is 0. The van der Waals surface area contributed by atoms with E-state index in [0.717, 1.165) is 28.8 Å². The molecule has 7 nitrogen and oxygen atoms in total. The lowest BCUT2D eigenvalue weighted by atomic mass is 10.0. The van der Waals surface area contributed by atoms with E-state index in [2.05, 4.69) is 16.9 Å². The Bertz CT molecular complexity index is 1200. The maximum Gasteiger partial charge on any atom is 0.339 e. The molecule has 0 spiro atoms. The van der Waals surface area contributed by atoms with Gasteiger partial charge in [0, 0.05) is 12.3 Å². The lowest BCUT2D eigenvalue weighted by Crippen LogP contribution is -2.42. The fourth-order valence-electron chi connectivity index (χ4n) is 3.66. The second-order valence-corrected chi connectivity index (χ2v) is 7.22. The van der Waals surface area contributed by atoms with Gasteiger partial charge in [-0.3, -0.25) is 20.4 Å². The number of fused-ring (bicyclic) bond motifs is 2. The molecule has 3 aromatic rings. The summed E-state index contributed by atoms with van der Waals surface area (Å²) in [5.74, 6) is -1.63. The molecule has 1 heterocycles. The van der Waals surface area contributed by atoms with Crippen LogP contribution in [0.5, 0.6) is 0 Å². The molecular formula is C24H21N3O4. The SMILES string of the molecule is CC(=O)NNC(=O)COC(=O)c1c2c(nc3ccccc13)/C(=C/c1ccccc1)CC2. The Kier molecular flexibility index (Phi) is 5.75. The van der Waals surface area contributed by atoms with Crippen molar-refractivity contribution < 1.29 is 19.1 Å². The van der Waals surface area contributed by atoms with Crippen LogP contribution < -0.4 is 10.9 Å². The molecule has 156 valence electrons. The molecule has 0 fully saturated rings. The minimum Gasteiger partial charge on any atom is -0.452 e. The number of hydrogen-bond donors (Lipinski definition) is 2. The van der Waals surface area contributed by atoms with Crippen LogP contribution >= 0.6 is 0 Å². The van der Waals surface area contributed by atoms with Crippen LogP contribution in [0.15, 0.2) is 54.6 Å². The molecule has 0 aliphatic heterocycles. The highest BCUT2D eigenvalue weighted by atomic mass is 16.5. The number of para-hydroxylation sites is 1. The van der Waals surface area contributed by atoms with E-state index in [1.54, 1.807) is 0 Å². The van der Waals surface area contributed by atoms with Crippen LogP contribution in [0.1, 0.15) is 40.5 Å². The average molecular weight is 415 g/mol. The number of pyridine rings is 1. The Labute approximate surface area is 179 Å². The highest BCUT2D eigenvalue weighted by Crippen LogP contribution is 2.37. The number of benzene rings is 2. The van der Waals surface area contributed by atoms with Gasteiger partial charge >= 0.3 is 5.97 Å². The summed E-state index contributed by atoms with van der Waals surface area (Å²) in [5.41, 5.74) is 9.21. The van der Waals surface area contributed by atoms with Crippen LogP contribution in [0, 0.1) is 0 Å². The molecule has 0 saturated heterocycles. The lowest BCUT2D eigenvalue weighted by molar-refractivity contribution is -0.129. The summed E-state index contributed by atoms with van der Waals surface area (Å²) in [6.45, 7) is 0.760. The molecule has 2 N–H and O–H groups in total. The molecule has 2 amide bonds. The molecule has 7 heteroatoms. The predicted octanol–water partition coefficient (Wildman–Crippen LogP) is 3.05. The number of carbonyl (C=O) groups excluding carboxylic acids is 3. The maximum atomic E-state index is 13.0. The van der Waals surface area contributed by atoms with E-state index in [1.165, 1.54) is 6.92 Å². The fraction of sp³-hybridized carbons (Fsp3) is 0.167. The topological polar surface area (TPSA) is 97.4 Å². The number of aromatic nitrogens is 1. The van der Waals surface area contributed by atoms with Gasteiger partial charge in [0.25, 0.3) is 5.91 Å². The van der Waals surface area contributed by atoms with Crippen molar-refractivity contribution >= 4 is 40.3 Å². The Morgan fingerprint density at radius 1 is 1.00 bits per heavy atom. The van der Waals surface area contributed by atoms with Crippen molar-refractivity contribution in [2.24, 2.45) is 0 Å². The Morgan fingerprint density at radius 3 is 2.52 bits per heavy atom. The molecular weight excluding hydrogens is 394 g/mol. The molecule has 0 atom stereocenters. The van der Waals surface area contributed by atoms with Gasteiger partial charge in [-0.1, -0.05) is 48.5 Å². The van der Waals surface area contributed by atoms with Crippen LogP contribution in [0.2, 0.25) is 0 Å². The monoisotopic (exact) mass is 415 g/mol. The second kappa shape index (κ2) is 8.79. The smallest absolute Gasteiger partial charge is 0.339 e. The number of hydrazine groups is 1. The number of carbonyl (C=O) groups is 3. The molecule has 1 aliphatic carbocycles. The first-order chi connectivity index (χ1) is 15.0. The van der Waals surface area contributed by atoms with Crippen molar-refractivity contribution in [3.8, 4) is 0 Å². The van der Waals surface area contributed by atoms with E-state index in [-0.39, 0.29) is 0 Å². The molecule has 2 aromatic carbocycles. The maximum absolute atomic E-state index is 13.0. The minimum absolute atomic E-state index is 0.421. The van der Waals surface area contributed by atoms with E-state index in [0.29, 0.717) is 22.9 Å². The summed E-state index contributed by atoms with van der Waals surface area (Å²) in [6, 6.07) is 17.4. The number of rotatable bonds is 4. The zero-order valence-electron chi connectivity index (χ0n) is 17.0. The van der Waals surface area contributed by atoms with Gasteiger partial charge in [0.1, 0.15) is 0 Å². The average Bonchev–Trinajstić information content (AvgIpc) is 3.17. The molecule has 0 radical (unpaired) electrons. The van der Waals surface area contributed by atoms with Crippen molar-refractivity contribution in [1.29, 1.82) is 0 Å². The number of esters is 1. The summed E-state index contributed by atoms with van der Waals surface area (Å²) in [5, 5.41) is 0.689. The summed E-state index contributed by atoms with van der Waals surface area (Å²) in [4.78, 5) is 40.5. The fourth-order valence-corrected chi connectivity index (χ4v) is 3.66. The Hall–Kier alpha value is -4.00. The lowest BCUT2D eigenvalue weighted by Gasteiger charge is -2.12. The number of allylic oxidation sites excluding steroid dienone is 1. The minimum atomic E-state index is -0.622.